The predicted octanol–water partition coefficient (Wildman–Crippen LogP) is 5.86. The highest BCUT2D eigenvalue weighted by Crippen LogP contribution is 2.23. The Labute approximate surface area is 174 Å². The molecule has 3 aromatic carbocycles. The van der Waals surface area contributed by atoms with Crippen molar-refractivity contribution in [3.05, 3.63) is 89.1 Å². The van der Waals surface area contributed by atoms with Crippen LogP contribution in [-0.4, -0.2) is 14.9 Å². The molecule has 28 heavy (non-hydrogen) atoms. The van der Waals surface area contributed by atoms with Crippen molar-refractivity contribution >= 4 is 51.2 Å². The summed E-state index contributed by atoms with van der Waals surface area (Å²) in [5.41, 5.74) is 3.15. The molecule has 0 saturated heterocycles. The Balaban J connectivity index is 1.47. The van der Waals surface area contributed by atoms with E-state index >= 15 is 0 Å². The van der Waals surface area contributed by atoms with Crippen molar-refractivity contribution < 1.29 is 0 Å². The lowest BCUT2D eigenvalue weighted by atomic mass is 10.1. The van der Waals surface area contributed by atoms with Crippen molar-refractivity contribution in [3.8, 4) is 0 Å². The van der Waals surface area contributed by atoms with E-state index in [9.17, 15) is 0 Å². The molecule has 0 bridgehead atoms. The predicted molar refractivity (Wildman–Crippen MR) is 121 cm³/mol. The highest BCUT2D eigenvalue weighted by molar-refractivity contribution is 7.80. The first-order chi connectivity index (χ1) is 13.6. The summed E-state index contributed by atoms with van der Waals surface area (Å²) in [5.74, 6) is 0.712. The first-order valence-corrected chi connectivity index (χ1v) is 9.72. The summed E-state index contributed by atoms with van der Waals surface area (Å²) >= 11 is 11.4. The van der Waals surface area contributed by atoms with Gasteiger partial charge in [-0.1, -0.05) is 60.1 Å². The van der Waals surface area contributed by atoms with Crippen LogP contribution in [0.2, 0.25) is 5.02 Å². The molecule has 4 nitrogen and oxygen atoms in total. The van der Waals surface area contributed by atoms with E-state index in [1.165, 1.54) is 5.39 Å². The SMILES string of the molecule is Cc1cc(NC(=S)Nc2cccc3ccccc23)nn1Cc1ccc(Cl)cc1. The molecule has 6 heteroatoms. The van der Waals surface area contributed by atoms with Gasteiger partial charge in [0.15, 0.2) is 10.9 Å². The number of fused-ring (bicyclic) bond motifs is 1. The van der Waals surface area contributed by atoms with E-state index in [-0.39, 0.29) is 0 Å². The van der Waals surface area contributed by atoms with Crippen LogP contribution in [0.15, 0.2) is 72.8 Å². The molecule has 0 amide bonds. The Bertz CT molecular complexity index is 1130. The molecule has 140 valence electrons. The number of anilines is 2. The molecule has 0 spiro atoms. The minimum Gasteiger partial charge on any atom is -0.332 e. The molecule has 0 atom stereocenters. The lowest BCUT2D eigenvalue weighted by molar-refractivity contribution is 0.668. The highest BCUT2D eigenvalue weighted by Gasteiger charge is 2.08. The van der Waals surface area contributed by atoms with Crippen molar-refractivity contribution in [3.63, 3.8) is 0 Å². The van der Waals surface area contributed by atoms with Crippen molar-refractivity contribution in [2.75, 3.05) is 10.6 Å². The average molecular weight is 407 g/mol. The largest absolute Gasteiger partial charge is 0.332 e. The van der Waals surface area contributed by atoms with E-state index in [4.69, 9.17) is 23.8 Å². The summed E-state index contributed by atoms with van der Waals surface area (Å²) in [4.78, 5) is 0. The second-order valence-electron chi connectivity index (χ2n) is 6.56. The number of thiocarbonyl (C=S) groups is 1. The van der Waals surface area contributed by atoms with Gasteiger partial charge in [-0.25, -0.2) is 0 Å². The maximum absolute atomic E-state index is 5.96. The number of hydrogen-bond acceptors (Lipinski definition) is 2. The third-order valence-electron chi connectivity index (χ3n) is 4.51. The summed E-state index contributed by atoms with van der Waals surface area (Å²) in [7, 11) is 0. The van der Waals surface area contributed by atoms with Gasteiger partial charge in [0.1, 0.15) is 0 Å². The van der Waals surface area contributed by atoms with E-state index in [0.717, 1.165) is 27.4 Å². The molecule has 0 radical (unpaired) electrons. The van der Waals surface area contributed by atoms with Gasteiger partial charge in [-0.2, -0.15) is 5.10 Å². The zero-order chi connectivity index (χ0) is 19.5. The summed E-state index contributed by atoms with van der Waals surface area (Å²) in [6.07, 6.45) is 0. The molecular weight excluding hydrogens is 388 g/mol. The van der Waals surface area contributed by atoms with Crippen LogP contribution >= 0.6 is 23.8 Å². The first-order valence-electron chi connectivity index (χ1n) is 8.93. The van der Waals surface area contributed by atoms with Gasteiger partial charge in [-0.05, 0) is 48.3 Å². The van der Waals surface area contributed by atoms with E-state index in [2.05, 4.69) is 33.9 Å². The topological polar surface area (TPSA) is 41.9 Å². The summed E-state index contributed by atoms with van der Waals surface area (Å²) in [6.45, 7) is 2.70. The van der Waals surface area contributed by atoms with Crippen LogP contribution in [0.5, 0.6) is 0 Å². The third kappa shape index (κ3) is 4.16. The van der Waals surface area contributed by atoms with Crippen molar-refractivity contribution in [2.24, 2.45) is 0 Å². The summed E-state index contributed by atoms with van der Waals surface area (Å²) in [5, 5.41) is 14.6. The fraction of sp³-hybridized carbons (Fsp3) is 0.0909. The van der Waals surface area contributed by atoms with Gasteiger partial charge in [0, 0.05) is 27.9 Å². The number of nitrogens with one attached hydrogen (secondary N) is 2. The monoisotopic (exact) mass is 406 g/mol. The molecule has 0 saturated carbocycles. The van der Waals surface area contributed by atoms with E-state index in [1.807, 2.05) is 66.2 Å². The standard InChI is InChI=1S/C22H19ClN4S/c1-15-13-21(26-27(15)14-16-9-11-18(23)12-10-16)25-22(28)24-20-8-4-6-17-5-2-3-7-19(17)20/h2-13H,14H2,1H3,(H2,24,25,26,28). The fourth-order valence-corrected chi connectivity index (χ4v) is 3.44. The summed E-state index contributed by atoms with van der Waals surface area (Å²) < 4.78 is 1.94. The number of benzene rings is 3. The average Bonchev–Trinajstić information content (AvgIpc) is 3.02. The molecule has 0 fully saturated rings. The van der Waals surface area contributed by atoms with Gasteiger partial charge < -0.3 is 10.6 Å². The van der Waals surface area contributed by atoms with Crippen LogP contribution in [-0.2, 0) is 6.54 Å². The Morgan fingerprint density at radius 3 is 2.57 bits per heavy atom. The molecule has 4 rings (SSSR count). The minimum absolute atomic E-state index is 0.507. The molecule has 1 aromatic heterocycles. The Morgan fingerprint density at radius 2 is 1.75 bits per heavy atom. The second-order valence-corrected chi connectivity index (χ2v) is 7.41. The molecule has 2 N–H and O–H groups in total. The van der Waals surface area contributed by atoms with Crippen LogP contribution in [0.4, 0.5) is 11.5 Å². The molecule has 1 heterocycles. The van der Waals surface area contributed by atoms with E-state index in [0.29, 0.717) is 17.5 Å². The number of hydrogen-bond donors (Lipinski definition) is 2. The molecule has 0 aliphatic heterocycles. The normalized spacial score (nSPS) is 10.8. The smallest absolute Gasteiger partial charge is 0.176 e. The Hall–Kier alpha value is -2.89. The summed E-state index contributed by atoms with van der Waals surface area (Å²) in [6, 6.07) is 24.1. The second kappa shape index (κ2) is 8.00. The number of halogens is 1. The van der Waals surface area contributed by atoms with Gasteiger partial charge in [0.25, 0.3) is 0 Å². The van der Waals surface area contributed by atoms with Crippen molar-refractivity contribution in [1.82, 2.24) is 9.78 Å². The maximum atomic E-state index is 5.96. The van der Waals surface area contributed by atoms with Gasteiger partial charge in [-0.3, -0.25) is 4.68 Å². The zero-order valence-electron chi connectivity index (χ0n) is 15.3. The number of aryl methyl sites for hydroxylation is 1. The molecular formula is C22H19ClN4S. The zero-order valence-corrected chi connectivity index (χ0v) is 16.9. The Morgan fingerprint density at radius 1 is 1.00 bits per heavy atom. The molecule has 0 aliphatic carbocycles. The minimum atomic E-state index is 0.507. The number of rotatable bonds is 4. The number of aromatic nitrogens is 2. The van der Waals surface area contributed by atoms with Gasteiger partial charge in [0.05, 0.1) is 6.54 Å². The van der Waals surface area contributed by atoms with Crippen LogP contribution in [0.25, 0.3) is 10.8 Å². The third-order valence-corrected chi connectivity index (χ3v) is 4.96. The van der Waals surface area contributed by atoms with Crippen molar-refractivity contribution in [2.45, 2.75) is 13.5 Å². The van der Waals surface area contributed by atoms with Gasteiger partial charge >= 0.3 is 0 Å². The van der Waals surface area contributed by atoms with Crippen LogP contribution in [0.3, 0.4) is 0 Å². The molecule has 4 aromatic rings. The van der Waals surface area contributed by atoms with Crippen molar-refractivity contribution in [1.29, 1.82) is 0 Å². The van der Waals surface area contributed by atoms with E-state index in [1.54, 1.807) is 0 Å². The lowest BCUT2D eigenvalue weighted by Crippen LogP contribution is -2.19. The fourth-order valence-electron chi connectivity index (χ4n) is 3.10. The van der Waals surface area contributed by atoms with Crippen LogP contribution in [0, 0.1) is 6.92 Å². The molecule has 0 unspecified atom stereocenters. The quantitative estimate of drug-likeness (QED) is 0.417. The van der Waals surface area contributed by atoms with Gasteiger partial charge in [0.2, 0.25) is 0 Å². The van der Waals surface area contributed by atoms with Crippen LogP contribution < -0.4 is 10.6 Å². The number of nitrogens with zero attached hydrogens (tertiary/aromatic N) is 2. The van der Waals surface area contributed by atoms with Crippen LogP contribution in [0.1, 0.15) is 11.3 Å². The Kier molecular flexibility index (Phi) is 5.28. The molecule has 0 aliphatic rings. The highest BCUT2D eigenvalue weighted by atomic mass is 35.5. The lowest BCUT2D eigenvalue weighted by Gasteiger charge is -2.11. The first kappa shape index (κ1) is 18.5. The maximum Gasteiger partial charge on any atom is 0.176 e. The van der Waals surface area contributed by atoms with Gasteiger partial charge in [-0.15, -0.1) is 0 Å². The van der Waals surface area contributed by atoms with E-state index < -0.39 is 0 Å².